The van der Waals surface area contributed by atoms with Gasteiger partial charge in [0, 0.05) is 18.9 Å². The summed E-state index contributed by atoms with van der Waals surface area (Å²) in [5, 5.41) is 12.7. The van der Waals surface area contributed by atoms with Gasteiger partial charge in [-0.05, 0) is 12.0 Å². The van der Waals surface area contributed by atoms with Gasteiger partial charge < -0.3 is 14.4 Å². The van der Waals surface area contributed by atoms with Crippen molar-refractivity contribution >= 4 is 17.7 Å². The van der Waals surface area contributed by atoms with Crippen LogP contribution in [0.15, 0.2) is 40.9 Å². The van der Waals surface area contributed by atoms with Gasteiger partial charge in [-0.25, -0.2) is 0 Å². The predicted molar refractivity (Wildman–Crippen MR) is 80.1 cm³/mol. The van der Waals surface area contributed by atoms with Crippen molar-refractivity contribution in [2.24, 2.45) is 0 Å². The summed E-state index contributed by atoms with van der Waals surface area (Å²) in [7, 11) is 1.58. The van der Waals surface area contributed by atoms with Gasteiger partial charge in [0.2, 0.25) is 0 Å². The Balaban J connectivity index is 1.92. The lowest BCUT2D eigenvalue weighted by Crippen LogP contribution is -2.19. The Morgan fingerprint density at radius 3 is 2.86 bits per heavy atom. The van der Waals surface area contributed by atoms with E-state index in [-0.39, 0.29) is 0 Å². The van der Waals surface area contributed by atoms with Crippen molar-refractivity contribution in [1.29, 1.82) is 0 Å². The lowest BCUT2D eigenvalue weighted by molar-refractivity contribution is -0.136. The second-order valence-corrected chi connectivity index (χ2v) is 5.74. The van der Waals surface area contributed by atoms with Gasteiger partial charge >= 0.3 is 5.97 Å². The quantitative estimate of drug-likeness (QED) is 0.808. The molecule has 112 valence electrons. The summed E-state index contributed by atoms with van der Waals surface area (Å²) in [4.78, 5) is 11.3. The number of carboxylic acid groups (broad SMARTS) is 1. The highest BCUT2D eigenvalue weighted by Gasteiger charge is 2.19. The molecule has 0 aliphatic rings. The lowest BCUT2D eigenvalue weighted by atomic mass is 10.1. The minimum absolute atomic E-state index is 0.365. The first kappa shape index (κ1) is 15.6. The maximum atomic E-state index is 11.3. The number of aliphatic carboxylic acids is 1. The number of ether oxygens (including phenoxy) is 1. The van der Waals surface area contributed by atoms with Crippen LogP contribution >= 0.6 is 11.8 Å². The maximum Gasteiger partial charge on any atom is 0.316 e. The van der Waals surface area contributed by atoms with Crippen molar-refractivity contribution < 1.29 is 19.2 Å². The summed E-state index contributed by atoms with van der Waals surface area (Å²) in [6, 6.07) is 11.4. The van der Waals surface area contributed by atoms with Crippen molar-refractivity contribution in [2.45, 2.75) is 24.0 Å². The van der Waals surface area contributed by atoms with Crippen LogP contribution in [0.3, 0.4) is 0 Å². The molecule has 2 aromatic rings. The molecule has 0 fully saturated rings. The second kappa shape index (κ2) is 7.85. The average molecular weight is 307 g/mol. The summed E-state index contributed by atoms with van der Waals surface area (Å²) >= 11 is 1.35. The largest absolute Gasteiger partial charge is 0.480 e. The van der Waals surface area contributed by atoms with Crippen LogP contribution in [-0.2, 0) is 28.3 Å². The van der Waals surface area contributed by atoms with E-state index in [2.05, 4.69) is 5.16 Å². The van der Waals surface area contributed by atoms with Crippen LogP contribution in [0.5, 0.6) is 0 Å². The van der Waals surface area contributed by atoms with E-state index >= 15 is 0 Å². The fourth-order valence-electron chi connectivity index (χ4n) is 1.87. The highest BCUT2D eigenvalue weighted by atomic mass is 32.2. The monoisotopic (exact) mass is 307 g/mol. The zero-order valence-electron chi connectivity index (χ0n) is 11.7. The SMILES string of the molecule is COCc1cc(CSC(Cc2ccccc2)C(=O)O)no1. The Labute approximate surface area is 127 Å². The number of methoxy groups -OCH3 is 1. The van der Waals surface area contributed by atoms with Gasteiger partial charge in [0.1, 0.15) is 11.9 Å². The van der Waals surface area contributed by atoms with Crippen molar-refractivity contribution in [2.75, 3.05) is 7.11 Å². The molecule has 0 aliphatic carbocycles. The summed E-state index contributed by atoms with van der Waals surface area (Å²) < 4.78 is 10.0. The zero-order chi connectivity index (χ0) is 15.1. The first-order valence-electron chi connectivity index (χ1n) is 6.50. The number of hydrogen-bond acceptors (Lipinski definition) is 5. The molecular weight excluding hydrogens is 290 g/mol. The van der Waals surface area contributed by atoms with Gasteiger partial charge in [0.05, 0.1) is 5.69 Å². The Hall–Kier alpha value is -1.79. The van der Waals surface area contributed by atoms with Crippen LogP contribution in [-0.4, -0.2) is 28.6 Å². The summed E-state index contributed by atoms with van der Waals surface area (Å²) in [5.41, 5.74) is 1.74. The summed E-state index contributed by atoms with van der Waals surface area (Å²) in [5.74, 6) is 0.323. The van der Waals surface area contributed by atoms with E-state index in [0.717, 1.165) is 11.3 Å². The number of nitrogens with zero attached hydrogens (tertiary/aromatic N) is 1. The Morgan fingerprint density at radius 1 is 1.43 bits per heavy atom. The third kappa shape index (κ3) is 4.91. The van der Waals surface area contributed by atoms with E-state index in [1.807, 2.05) is 30.3 Å². The van der Waals surface area contributed by atoms with E-state index in [1.165, 1.54) is 11.8 Å². The van der Waals surface area contributed by atoms with Crippen molar-refractivity contribution in [3.05, 3.63) is 53.4 Å². The topological polar surface area (TPSA) is 72.6 Å². The number of rotatable bonds is 8. The van der Waals surface area contributed by atoms with Crippen LogP contribution in [0, 0.1) is 0 Å². The number of carbonyl (C=O) groups is 1. The zero-order valence-corrected chi connectivity index (χ0v) is 12.5. The number of aromatic nitrogens is 1. The smallest absolute Gasteiger partial charge is 0.316 e. The molecule has 1 unspecified atom stereocenters. The molecule has 0 spiro atoms. The highest BCUT2D eigenvalue weighted by Crippen LogP contribution is 2.22. The Kier molecular flexibility index (Phi) is 5.83. The average Bonchev–Trinajstić information content (AvgIpc) is 2.92. The van der Waals surface area contributed by atoms with Crippen LogP contribution in [0.2, 0.25) is 0 Å². The third-order valence-electron chi connectivity index (χ3n) is 2.87. The van der Waals surface area contributed by atoms with Gasteiger partial charge in [0.15, 0.2) is 5.76 Å². The van der Waals surface area contributed by atoms with Gasteiger partial charge in [-0.15, -0.1) is 11.8 Å². The maximum absolute atomic E-state index is 11.3. The molecule has 0 saturated heterocycles. The first-order chi connectivity index (χ1) is 10.2. The molecule has 2 rings (SSSR count). The van der Waals surface area contributed by atoms with Gasteiger partial charge in [-0.1, -0.05) is 35.5 Å². The number of thioether (sulfide) groups is 1. The van der Waals surface area contributed by atoms with Crippen LogP contribution in [0.4, 0.5) is 0 Å². The van der Waals surface area contributed by atoms with Gasteiger partial charge in [-0.2, -0.15) is 0 Å². The summed E-state index contributed by atoms with van der Waals surface area (Å²) in [6.07, 6.45) is 0.490. The Morgan fingerprint density at radius 2 is 2.19 bits per heavy atom. The molecule has 0 radical (unpaired) electrons. The minimum Gasteiger partial charge on any atom is -0.480 e. The normalized spacial score (nSPS) is 12.2. The lowest BCUT2D eigenvalue weighted by Gasteiger charge is -2.11. The molecule has 1 aromatic carbocycles. The number of hydrogen-bond donors (Lipinski definition) is 1. The van der Waals surface area contributed by atoms with Crippen molar-refractivity contribution in [3.8, 4) is 0 Å². The molecule has 0 bridgehead atoms. The Bertz CT molecular complexity index is 570. The van der Waals surface area contributed by atoms with E-state index in [9.17, 15) is 9.90 Å². The van der Waals surface area contributed by atoms with E-state index in [0.29, 0.717) is 24.5 Å². The fourth-order valence-corrected chi connectivity index (χ4v) is 2.83. The van der Waals surface area contributed by atoms with Crippen LogP contribution < -0.4 is 0 Å². The first-order valence-corrected chi connectivity index (χ1v) is 7.55. The highest BCUT2D eigenvalue weighted by molar-refractivity contribution is 7.99. The standard InChI is InChI=1S/C15H17NO4S/c1-19-9-13-8-12(16-20-13)10-21-14(15(17)18)7-11-5-3-2-4-6-11/h2-6,8,14H,7,9-10H2,1H3,(H,17,18). The molecule has 21 heavy (non-hydrogen) atoms. The number of benzene rings is 1. The molecule has 1 N–H and O–H groups in total. The molecular formula is C15H17NO4S. The molecule has 1 aromatic heterocycles. The van der Waals surface area contributed by atoms with Crippen molar-refractivity contribution in [1.82, 2.24) is 5.16 Å². The fraction of sp³-hybridized carbons (Fsp3) is 0.333. The van der Waals surface area contributed by atoms with E-state index in [4.69, 9.17) is 9.26 Å². The van der Waals surface area contributed by atoms with Gasteiger partial charge in [-0.3, -0.25) is 4.79 Å². The molecule has 0 saturated carbocycles. The van der Waals surface area contributed by atoms with Gasteiger partial charge in [0.25, 0.3) is 0 Å². The van der Waals surface area contributed by atoms with Crippen LogP contribution in [0.25, 0.3) is 0 Å². The third-order valence-corrected chi connectivity index (χ3v) is 4.10. The van der Waals surface area contributed by atoms with E-state index < -0.39 is 11.2 Å². The van der Waals surface area contributed by atoms with E-state index in [1.54, 1.807) is 13.2 Å². The molecule has 1 heterocycles. The molecule has 0 amide bonds. The number of carboxylic acids is 1. The minimum atomic E-state index is -0.815. The summed E-state index contributed by atoms with van der Waals surface area (Å²) in [6.45, 7) is 0.365. The van der Waals surface area contributed by atoms with Crippen molar-refractivity contribution in [3.63, 3.8) is 0 Å². The molecule has 6 heteroatoms. The molecule has 0 aliphatic heterocycles. The molecule has 1 atom stereocenters. The van der Waals surface area contributed by atoms with Crippen LogP contribution in [0.1, 0.15) is 17.0 Å². The molecule has 5 nitrogen and oxygen atoms in total. The predicted octanol–water partition coefficient (Wildman–Crippen LogP) is 2.75. The second-order valence-electron chi connectivity index (χ2n) is 4.55.